The van der Waals surface area contributed by atoms with E-state index in [1.54, 1.807) is 23.2 Å². The molecule has 0 unspecified atom stereocenters. The lowest BCUT2D eigenvalue weighted by atomic mass is 10.1. The fraction of sp³-hybridized carbons (Fsp3) is 0.273. The molecule has 0 radical (unpaired) electrons. The number of nitrogens with two attached hydrogens (primary N) is 1. The van der Waals surface area contributed by atoms with Gasteiger partial charge in [-0.05, 0) is 37.1 Å². The van der Waals surface area contributed by atoms with E-state index >= 15 is 0 Å². The third-order valence-electron chi connectivity index (χ3n) is 5.32. The minimum atomic E-state index is -0.554. The molecule has 160 valence electrons. The van der Waals surface area contributed by atoms with Gasteiger partial charge in [0.25, 0.3) is 5.91 Å². The molecule has 0 spiro atoms. The van der Waals surface area contributed by atoms with E-state index < -0.39 is 5.91 Å². The first-order chi connectivity index (χ1) is 15.0. The Balaban J connectivity index is 1.49. The molecule has 9 nitrogen and oxygen atoms in total. The van der Waals surface area contributed by atoms with Crippen molar-refractivity contribution in [2.75, 3.05) is 22.1 Å². The smallest absolute Gasteiger partial charge is 0.252 e. The number of piperidine rings is 1. The Morgan fingerprint density at radius 1 is 1.16 bits per heavy atom. The first kappa shape index (κ1) is 20.4. The van der Waals surface area contributed by atoms with E-state index in [-0.39, 0.29) is 5.91 Å². The zero-order valence-corrected chi connectivity index (χ0v) is 17.3. The lowest BCUT2D eigenvalue weighted by molar-refractivity contribution is -0.119. The number of nitrogens with one attached hydrogen (secondary N) is 2. The molecule has 1 saturated heterocycles. The van der Waals surface area contributed by atoms with Crippen molar-refractivity contribution >= 4 is 34.8 Å². The highest BCUT2D eigenvalue weighted by Gasteiger charge is 2.19. The van der Waals surface area contributed by atoms with Gasteiger partial charge in [0.15, 0.2) is 0 Å². The summed E-state index contributed by atoms with van der Waals surface area (Å²) in [5.74, 6) is 0.683. The van der Waals surface area contributed by atoms with Crippen LogP contribution in [0.15, 0.2) is 48.9 Å². The molecule has 9 heteroatoms. The Hall–Kier alpha value is -3.88. The minimum absolute atomic E-state index is 0.131. The van der Waals surface area contributed by atoms with Gasteiger partial charge in [0.05, 0.1) is 29.7 Å². The molecule has 3 aromatic heterocycles. The zero-order valence-electron chi connectivity index (χ0n) is 17.3. The Kier molecular flexibility index (Phi) is 5.83. The number of rotatable bonds is 7. The summed E-state index contributed by atoms with van der Waals surface area (Å²) < 4.78 is 2.00. The number of anilines is 4. The second kappa shape index (κ2) is 8.86. The van der Waals surface area contributed by atoms with Crippen molar-refractivity contribution in [2.24, 2.45) is 12.8 Å². The van der Waals surface area contributed by atoms with Crippen LogP contribution >= 0.6 is 0 Å². The zero-order chi connectivity index (χ0) is 21.8. The molecule has 0 bridgehead atoms. The van der Waals surface area contributed by atoms with Crippen LogP contribution in [0.4, 0.5) is 23.0 Å². The molecule has 1 aliphatic heterocycles. The number of nitrogens with zero attached hydrogens (tertiary/aromatic N) is 4. The van der Waals surface area contributed by atoms with E-state index in [4.69, 9.17) is 5.73 Å². The summed E-state index contributed by atoms with van der Waals surface area (Å²) in [4.78, 5) is 34.4. The highest BCUT2D eigenvalue weighted by atomic mass is 16.2. The lowest BCUT2D eigenvalue weighted by Crippen LogP contribution is -2.35. The maximum absolute atomic E-state index is 12.1. The van der Waals surface area contributed by atoms with E-state index in [1.165, 1.54) is 6.20 Å². The van der Waals surface area contributed by atoms with Gasteiger partial charge in [-0.25, -0.2) is 9.97 Å². The van der Waals surface area contributed by atoms with Crippen LogP contribution in [-0.2, 0) is 18.4 Å². The largest absolute Gasteiger partial charge is 0.379 e. The number of carbonyl (C=O) groups excluding carboxylic acids is 2. The third kappa shape index (κ3) is 4.66. The molecule has 0 atom stereocenters. The fourth-order valence-electron chi connectivity index (χ4n) is 3.56. The van der Waals surface area contributed by atoms with Crippen LogP contribution in [0.3, 0.4) is 0 Å². The van der Waals surface area contributed by atoms with Crippen molar-refractivity contribution in [2.45, 2.75) is 25.8 Å². The highest BCUT2D eigenvalue weighted by Crippen LogP contribution is 2.24. The average Bonchev–Trinajstić information content (AvgIpc) is 3.18. The number of pyridine rings is 2. The number of amides is 2. The molecule has 4 rings (SSSR count). The van der Waals surface area contributed by atoms with E-state index in [9.17, 15) is 9.59 Å². The third-order valence-corrected chi connectivity index (χ3v) is 5.32. The minimum Gasteiger partial charge on any atom is -0.379 e. The van der Waals surface area contributed by atoms with Gasteiger partial charge in [0, 0.05) is 44.2 Å². The summed E-state index contributed by atoms with van der Waals surface area (Å²) in [5, 5.41) is 6.39. The van der Waals surface area contributed by atoms with Crippen LogP contribution in [-0.4, -0.2) is 32.9 Å². The van der Waals surface area contributed by atoms with Gasteiger partial charge < -0.3 is 25.8 Å². The number of primary amides is 1. The van der Waals surface area contributed by atoms with Gasteiger partial charge >= 0.3 is 0 Å². The quantitative estimate of drug-likeness (QED) is 0.542. The second-order valence-corrected chi connectivity index (χ2v) is 7.47. The normalized spacial score (nSPS) is 13.8. The average molecular weight is 419 g/mol. The second-order valence-electron chi connectivity index (χ2n) is 7.47. The molecule has 3 aromatic rings. The van der Waals surface area contributed by atoms with Crippen LogP contribution in [0, 0.1) is 0 Å². The summed E-state index contributed by atoms with van der Waals surface area (Å²) in [7, 11) is 1.96. The Morgan fingerprint density at radius 3 is 2.68 bits per heavy atom. The molecular formula is C22H25N7O2. The number of hydrogen-bond donors (Lipinski definition) is 3. The highest BCUT2D eigenvalue weighted by molar-refractivity contribution is 5.98. The molecule has 4 N–H and O–H groups in total. The summed E-state index contributed by atoms with van der Waals surface area (Å²) in [6.45, 7) is 1.25. The predicted octanol–water partition coefficient (Wildman–Crippen LogP) is 2.79. The standard InChI is InChI=1S/C22H25N7O2/c1-28-9-4-5-15(28)12-24-18-11-20(26-14-17(18)22(23)31)27-19-8-7-16(13-25-19)29-10-3-2-6-21(29)30/h4-5,7-9,11,13-14H,2-3,6,10,12H2,1H3,(H2,23,31)(H2,24,25,26,27). The van der Waals surface area contributed by atoms with Gasteiger partial charge in [-0.3, -0.25) is 9.59 Å². The van der Waals surface area contributed by atoms with Crippen LogP contribution in [0.2, 0.25) is 0 Å². The topological polar surface area (TPSA) is 118 Å². The molecule has 31 heavy (non-hydrogen) atoms. The van der Waals surface area contributed by atoms with Crippen molar-refractivity contribution in [3.05, 3.63) is 60.2 Å². The maximum Gasteiger partial charge on any atom is 0.252 e. The van der Waals surface area contributed by atoms with Gasteiger partial charge in [0.2, 0.25) is 5.91 Å². The Morgan fingerprint density at radius 2 is 2.00 bits per heavy atom. The van der Waals surface area contributed by atoms with Crippen molar-refractivity contribution < 1.29 is 9.59 Å². The Bertz CT molecular complexity index is 1090. The number of aromatic nitrogens is 3. The molecule has 2 amide bonds. The SMILES string of the molecule is Cn1cccc1CNc1cc(Nc2ccc(N3CCCCC3=O)cn2)ncc1C(N)=O. The van der Waals surface area contributed by atoms with E-state index in [0.29, 0.717) is 35.9 Å². The van der Waals surface area contributed by atoms with Gasteiger partial charge in [-0.2, -0.15) is 0 Å². The molecule has 0 saturated carbocycles. The van der Waals surface area contributed by atoms with Crippen molar-refractivity contribution in [3.63, 3.8) is 0 Å². The van der Waals surface area contributed by atoms with Gasteiger partial charge in [-0.15, -0.1) is 0 Å². The Labute approximate surface area is 180 Å². The monoisotopic (exact) mass is 419 g/mol. The predicted molar refractivity (Wildman–Crippen MR) is 119 cm³/mol. The molecule has 4 heterocycles. The molecular weight excluding hydrogens is 394 g/mol. The molecule has 1 fully saturated rings. The van der Waals surface area contributed by atoms with Crippen molar-refractivity contribution in [1.29, 1.82) is 0 Å². The summed E-state index contributed by atoms with van der Waals surface area (Å²) in [6, 6.07) is 9.35. The molecule has 0 aromatic carbocycles. The van der Waals surface area contributed by atoms with Crippen molar-refractivity contribution in [3.8, 4) is 0 Å². The van der Waals surface area contributed by atoms with Gasteiger partial charge in [0.1, 0.15) is 11.6 Å². The van der Waals surface area contributed by atoms with Crippen LogP contribution in [0.1, 0.15) is 35.3 Å². The molecule has 1 aliphatic rings. The molecule has 0 aliphatic carbocycles. The van der Waals surface area contributed by atoms with E-state index in [0.717, 1.165) is 30.8 Å². The number of carbonyl (C=O) groups is 2. The van der Waals surface area contributed by atoms with Gasteiger partial charge in [-0.1, -0.05) is 0 Å². The first-order valence-electron chi connectivity index (χ1n) is 10.2. The fourth-order valence-corrected chi connectivity index (χ4v) is 3.56. The lowest BCUT2D eigenvalue weighted by Gasteiger charge is -2.26. The summed E-state index contributed by atoms with van der Waals surface area (Å²) in [5.41, 5.74) is 8.25. The van der Waals surface area contributed by atoms with Crippen LogP contribution in [0.25, 0.3) is 0 Å². The first-order valence-corrected chi connectivity index (χ1v) is 10.2. The van der Waals surface area contributed by atoms with E-state index in [2.05, 4.69) is 20.6 Å². The number of aryl methyl sites for hydroxylation is 1. The number of hydrogen-bond acceptors (Lipinski definition) is 6. The summed E-state index contributed by atoms with van der Waals surface area (Å²) in [6.07, 6.45) is 7.60. The van der Waals surface area contributed by atoms with Crippen LogP contribution in [0.5, 0.6) is 0 Å². The van der Waals surface area contributed by atoms with E-state index in [1.807, 2.05) is 36.0 Å². The van der Waals surface area contributed by atoms with Crippen LogP contribution < -0.4 is 21.3 Å². The summed E-state index contributed by atoms with van der Waals surface area (Å²) >= 11 is 0. The maximum atomic E-state index is 12.1. The van der Waals surface area contributed by atoms with Crippen molar-refractivity contribution in [1.82, 2.24) is 14.5 Å².